The molecular formula is C12H18OS. The zero-order chi connectivity index (χ0) is 10.4. The fourth-order valence-electron chi connectivity index (χ4n) is 1.48. The van der Waals surface area contributed by atoms with Gasteiger partial charge in [-0.2, -0.15) is 0 Å². The van der Waals surface area contributed by atoms with E-state index in [2.05, 4.69) is 6.92 Å². The minimum absolute atomic E-state index is 0.327. The van der Waals surface area contributed by atoms with Crippen molar-refractivity contribution in [2.75, 3.05) is 0 Å². The Labute approximate surface area is 90.2 Å². The van der Waals surface area contributed by atoms with Gasteiger partial charge in [-0.05, 0) is 30.4 Å². The van der Waals surface area contributed by atoms with E-state index < -0.39 is 0 Å². The number of ketones is 1. The Kier molecular flexibility index (Phi) is 4.88. The van der Waals surface area contributed by atoms with E-state index >= 15 is 0 Å². The van der Waals surface area contributed by atoms with Gasteiger partial charge in [-0.1, -0.05) is 26.2 Å². The van der Waals surface area contributed by atoms with Crippen LogP contribution < -0.4 is 0 Å². The van der Waals surface area contributed by atoms with Crippen molar-refractivity contribution in [3.63, 3.8) is 0 Å². The van der Waals surface area contributed by atoms with Crippen molar-refractivity contribution >= 4 is 17.1 Å². The number of carbonyl (C=O) groups is 1. The normalized spacial score (nSPS) is 10.4. The molecule has 14 heavy (non-hydrogen) atoms. The molecule has 0 aromatic carbocycles. The van der Waals surface area contributed by atoms with Crippen LogP contribution in [0.2, 0.25) is 0 Å². The van der Waals surface area contributed by atoms with Crippen LogP contribution in [0.25, 0.3) is 0 Å². The maximum atomic E-state index is 11.7. The van der Waals surface area contributed by atoms with Gasteiger partial charge in [-0.3, -0.25) is 4.79 Å². The number of aryl methyl sites for hydroxylation is 1. The summed E-state index contributed by atoms with van der Waals surface area (Å²) < 4.78 is 0. The first-order valence-corrected chi connectivity index (χ1v) is 6.21. The number of rotatable bonds is 6. The van der Waals surface area contributed by atoms with Crippen molar-refractivity contribution in [3.05, 3.63) is 21.9 Å². The molecule has 1 nitrogen and oxygen atoms in total. The van der Waals surface area contributed by atoms with E-state index in [4.69, 9.17) is 0 Å². The highest BCUT2D eigenvalue weighted by Gasteiger charge is 2.09. The monoisotopic (exact) mass is 210 g/mol. The van der Waals surface area contributed by atoms with Gasteiger partial charge in [-0.25, -0.2) is 0 Å². The molecule has 78 valence electrons. The molecule has 0 amide bonds. The molecule has 0 radical (unpaired) electrons. The molecule has 0 saturated heterocycles. The van der Waals surface area contributed by atoms with E-state index in [1.807, 2.05) is 18.4 Å². The van der Waals surface area contributed by atoms with Gasteiger partial charge >= 0.3 is 0 Å². The largest absolute Gasteiger partial charge is 0.293 e. The van der Waals surface area contributed by atoms with Crippen LogP contribution in [0.1, 0.15) is 54.3 Å². The molecule has 1 rings (SSSR count). The fraction of sp³-hybridized carbons (Fsp3) is 0.583. The lowest BCUT2D eigenvalue weighted by atomic mass is 10.1. The first-order chi connectivity index (χ1) is 6.75. The molecular weight excluding hydrogens is 192 g/mol. The van der Waals surface area contributed by atoms with E-state index in [0.717, 1.165) is 23.3 Å². The summed E-state index contributed by atoms with van der Waals surface area (Å²) in [6.45, 7) is 4.20. The number of unbranched alkanes of at least 4 members (excludes halogenated alkanes) is 3. The SMILES string of the molecule is CCCCCCC(=O)c1sccc1C. The third kappa shape index (κ3) is 3.26. The number of thiophene rings is 1. The third-order valence-electron chi connectivity index (χ3n) is 2.37. The molecule has 0 atom stereocenters. The highest BCUT2D eigenvalue weighted by Crippen LogP contribution is 2.18. The summed E-state index contributed by atoms with van der Waals surface area (Å²) in [5.74, 6) is 0.327. The van der Waals surface area contributed by atoms with Crippen molar-refractivity contribution in [2.24, 2.45) is 0 Å². The maximum absolute atomic E-state index is 11.7. The van der Waals surface area contributed by atoms with Crippen LogP contribution >= 0.6 is 11.3 Å². The lowest BCUT2D eigenvalue weighted by Gasteiger charge is -1.99. The molecule has 2 heteroatoms. The van der Waals surface area contributed by atoms with Crippen molar-refractivity contribution in [2.45, 2.75) is 46.0 Å². The van der Waals surface area contributed by atoms with Crippen LogP contribution in [0.3, 0.4) is 0 Å². The summed E-state index contributed by atoms with van der Waals surface area (Å²) in [7, 11) is 0. The maximum Gasteiger partial charge on any atom is 0.173 e. The minimum Gasteiger partial charge on any atom is -0.293 e. The topological polar surface area (TPSA) is 17.1 Å². The van der Waals surface area contributed by atoms with Crippen molar-refractivity contribution in [1.29, 1.82) is 0 Å². The number of Topliss-reactive ketones (excluding diaryl/α,β-unsaturated/α-hetero) is 1. The Morgan fingerprint density at radius 1 is 1.36 bits per heavy atom. The molecule has 0 N–H and O–H groups in total. The third-order valence-corrected chi connectivity index (χ3v) is 3.43. The standard InChI is InChI=1S/C12H18OS/c1-3-4-5-6-7-11(13)12-10(2)8-9-14-12/h8-9H,3-7H2,1-2H3. The first kappa shape index (κ1) is 11.4. The Hall–Kier alpha value is -0.630. The summed E-state index contributed by atoms with van der Waals surface area (Å²) in [6.07, 6.45) is 5.43. The second-order valence-corrected chi connectivity index (χ2v) is 4.58. The summed E-state index contributed by atoms with van der Waals surface area (Å²) in [5.41, 5.74) is 1.13. The second kappa shape index (κ2) is 5.97. The molecule has 0 spiro atoms. The number of hydrogen-bond acceptors (Lipinski definition) is 2. The van der Waals surface area contributed by atoms with Gasteiger partial charge < -0.3 is 0 Å². The van der Waals surface area contributed by atoms with Crippen LogP contribution in [0.5, 0.6) is 0 Å². The van der Waals surface area contributed by atoms with E-state index in [1.165, 1.54) is 19.3 Å². The lowest BCUT2D eigenvalue weighted by molar-refractivity contribution is 0.0982. The van der Waals surface area contributed by atoms with Crippen molar-refractivity contribution < 1.29 is 4.79 Å². The summed E-state index contributed by atoms with van der Waals surface area (Å²) in [5, 5.41) is 1.99. The molecule has 0 aliphatic heterocycles. The van der Waals surface area contributed by atoms with Gasteiger partial charge in [0.25, 0.3) is 0 Å². The van der Waals surface area contributed by atoms with Crippen LogP contribution in [0, 0.1) is 6.92 Å². The van der Waals surface area contributed by atoms with Crippen molar-refractivity contribution in [1.82, 2.24) is 0 Å². The minimum atomic E-state index is 0.327. The van der Waals surface area contributed by atoms with E-state index in [1.54, 1.807) is 11.3 Å². The van der Waals surface area contributed by atoms with E-state index in [0.29, 0.717) is 5.78 Å². The molecule has 0 aliphatic rings. The Balaban J connectivity index is 2.32. The van der Waals surface area contributed by atoms with Crippen molar-refractivity contribution in [3.8, 4) is 0 Å². The molecule has 1 aromatic rings. The van der Waals surface area contributed by atoms with Gasteiger partial charge in [-0.15, -0.1) is 11.3 Å². The Morgan fingerprint density at radius 3 is 2.71 bits per heavy atom. The average molecular weight is 210 g/mol. The Bertz CT molecular complexity index is 288. The number of hydrogen-bond donors (Lipinski definition) is 0. The zero-order valence-corrected chi connectivity index (χ0v) is 9.82. The molecule has 0 unspecified atom stereocenters. The summed E-state index contributed by atoms with van der Waals surface area (Å²) in [4.78, 5) is 12.7. The van der Waals surface area contributed by atoms with Gasteiger partial charge in [0.1, 0.15) is 0 Å². The summed E-state index contributed by atoms with van der Waals surface area (Å²) in [6, 6.07) is 2.02. The molecule has 0 fully saturated rings. The molecule has 0 aliphatic carbocycles. The predicted molar refractivity (Wildman–Crippen MR) is 62.1 cm³/mol. The summed E-state index contributed by atoms with van der Waals surface area (Å²) >= 11 is 1.57. The molecule has 1 heterocycles. The average Bonchev–Trinajstić information content (AvgIpc) is 2.59. The van der Waals surface area contributed by atoms with E-state index in [-0.39, 0.29) is 0 Å². The van der Waals surface area contributed by atoms with Crippen LogP contribution in [-0.2, 0) is 0 Å². The van der Waals surface area contributed by atoms with Gasteiger partial charge in [0, 0.05) is 6.42 Å². The molecule has 0 saturated carbocycles. The molecule has 0 bridgehead atoms. The van der Waals surface area contributed by atoms with Gasteiger partial charge in [0.05, 0.1) is 4.88 Å². The quantitative estimate of drug-likeness (QED) is 0.508. The van der Waals surface area contributed by atoms with Crippen LogP contribution in [0.4, 0.5) is 0 Å². The van der Waals surface area contributed by atoms with Crippen LogP contribution in [-0.4, -0.2) is 5.78 Å². The second-order valence-electron chi connectivity index (χ2n) is 3.67. The zero-order valence-electron chi connectivity index (χ0n) is 9.01. The number of carbonyl (C=O) groups excluding carboxylic acids is 1. The first-order valence-electron chi connectivity index (χ1n) is 5.33. The highest BCUT2D eigenvalue weighted by atomic mass is 32.1. The van der Waals surface area contributed by atoms with Gasteiger partial charge in [0.15, 0.2) is 5.78 Å². The van der Waals surface area contributed by atoms with E-state index in [9.17, 15) is 4.79 Å². The van der Waals surface area contributed by atoms with Crippen LogP contribution in [0.15, 0.2) is 11.4 Å². The molecule has 1 aromatic heterocycles. The predicted octanol–water partition coefficient (Wildman–Crippen LogP) is 4.21. The highest BCUT2D eigenvalue weighted by molar-refractivity contribution is 7.12. The Morgan fingerprint density at radius 2 is 2.14 bits per heavy atom. The smallest absolute Gasteiger partial charge is 0.173 e. The van der Waals surface area contributed by atoms with Gasteiger partial charge in [0.2, 0.25) is 0 Å². The lowest BCUT2D eigenvalue weighted by Crippen LogP contribution is -1.97. The fourth-order valence-corrected chi connectivity index (χ4v) is 2.38.